The summed E-state index contributed by atoms with van der Waals surface area (Å²) in [5.74, 6) is 0.738. The first-order valence-electron chi connectivity index (χ1n) is 6.95. The maximum atomic E-state index is 14.0. The molecule has 3 aromatic rings. The van der Waals surface area contributed by atoms with Crippen molar-refractivity contribution >= 4 is 28.6 Å². The summed E-state index contributed by atoms with van der Waals surface area (Å²) in [6.45, 7) is 6.10. The zero-order valence-electron chi connectivity index (χ0n) is 12.4. The zero-order chi connectivity index (χ0) is 16.4. The molecule has 0 fully saturated rings. The summed E-state index contributed by atoms with van der Waals surface area (Å²) >= 11 is 6.07. The van der Waals surface area contributed by atoms with Crippen molar-refractivity contribution in [3.8, 4) is 0 Å². The SMILES string of the molecule is C=CCNc1nc(C)nc2c1nnn2Cc1c(F)cccc1Cl. The van der Waals surface area contributed by atoms with Gasteiger partial charge in [-0.2, -0.15) is 0 Å². The molecule has 0 radical (unpaired) electrons. The first-order valence-corrected chi connectivity index (χ1v) is 7.33. The fraction of sp³-hybridized carbons (Fsp3) is 0.200. The molecule has 0 aliphatic rings. The fourth-order valence-corrected chi connectivity index (χ4v) is 2.42. The lowest BCUT2D eigenvalue weighted by Crippen LogP contribution is -2.07. The van der Waals surface area contributed by atoms with Crippen LogP contribution < -0.4 is 5.32 Å². The maximum absolute atomic E-state index is 14.0. The average Bonchev–Trinajstić information content (AvgIpc) is 2.91. The van der Waals surface area contributed by atoms with Crippen LogP contribution in [0.15, 0.2) is 30.9 Å². The third kappa shape index (κ3) is 3.00. The molecule has 118 valence electrons. The molecule has 23 heavy (non-hydrogen) atoms. The molecule has 0 saturated carbocycles. The molecule has 2 aromatic heterocycles. The van der Waals surface area contributed by atoms with Gasteiger partial charge in [-0.1, -0.05) is 29.0 Å². The molecule has 6 nitrogen and oxygen atoms in total. The number of benzene rings is 1. The van der Waals surface area contributed by atoms with Crippen LogP contribution in [-0.4, -0.2) is 31.5 Å². The Bertz CT molecular complexity index is 856. The number of nitrogens with one attached hydrogen (secondary N) is 1. The summed E-state index contributed by atoms with van der Waals surface area (Å²) in [6, 6.07) is 4.55. The van der Waals surface area contributed by atoms with E-state index in [2.05, 4.69) is 32.2 Å². The summed E-state index contributed by atoms with van der Waals surface area (Å²) in [6.07, 6.45) is 1.72. The van der Waals surface area contributed by atoms with Crippen molar-refractivity contribution in [2.75, 3.05) is 11.9 Å². The number of anilines is 1. The summed E-state index contributed by atoms with van der Waals surface area (Å²) in [4.78, 5) is 8.66. The molecule has 2 heterocycles. The Balaban J connectivity index is 2.05. The van der Waals surface area contributed by atoms with E-state index in [1.54, 1.807) is 25.1 Å². The van der Waals surface area contributed by atoms with Crippen molar-refractivity contribution in [1.82, 2.24) is 25.0 Å². The van der Waals surface area contributed by atoms with Crippen LogP contribution in [0.4, 0.5) is 10.2 Å². The zero-order valence-corrected chi connectivity index (χ0v) is 13.2. The average molecular weight is 333 g/mol. The van der Waals surface area contributed by atoms with Crippen LogP contribution in [0.5, 0.6) is 0 Å². The molecule has 0 unspecified atom stereocenters. The molecule has 0 atom stereocenters. The Kier molecular flexibility index (Phi) is 4.20. The van der Waals surface area contributed by atoms with Crippen LogP contribution in [-0.2, 0) is 6.54 Å². The van der Waals surface area contributed by atoms with Gasteiger partial charge in [-0.3, -0.25) is 0 Å². The topological polar surface area (TPSA) is 68.5 Å². The van der Waals surface area contributed by atoms with E-state index in [0.717, 1.165) is 0 Å². The van der Waals surface area contributed by atoms with Gasteiger partial charge >= 0.3 is 0 Å². The number of hydrogen-bond donors (Lipinski definition) is 1. The van der Waals surface area contributed by atoms with Crippen molar-refractivity contribution in [3.63, 3.8) is 0 Å². The van der Waals surface area contributed by atoms with E-state index in [4.69, 9.17) is 11.6 Å². The van der Waals surface area contributed by atoms with Crippen LogP contribution in [0.25, 0.3) is 11.2 Å². The van der Waals surface area contributed by atoms with Crippen LogP contribution in [0.1, 0.15) is 11.4 Å². The van der Waals surface area contributed by atoms with Crippen LogP contribution in [0.3, 0.4) is 0 Å². The van der Waals surface area contributed by atoms with E-state index < -0.39 is 5.82 Å². The number of halogens is 2. The van der Waals surface area contributed by atoms with Gasteiger partial charge in [0.2, 0.25) is 0 Å². The van der Waals surface area contributed by atoms with Crippen molar-refractivity contribution < 1.29 is 4.39 Å². The third-order valence-corrected chi connectivity index (χ3v) is 3.61. The molecule has 0 spiro atoms. The van der Waals surface area contributed by atoms with Gasteiger partial charge in [0, 0.05) is 17.1 Å². The van der Waals surface area contributed by atoms with Gasteiger partial charge in [0.05, 0.1) is 6.54 Å². The van der Waals surface area contributed by atoms with Crippen LogP contribution >= 0.6 is 11.6 Å². The summed E-state index contributed by atoms with van der Waals surface area (Å²) in [5.41, 5.74) is 1.38. The van der Waals surface area contributed by atoms with Crippen LogP contribution in [0.2, 0.25) is 5.02 Å². The number of aromatic nitrogens is 5. The Labute approximate surface area is 137 Å². The number of hydrogen-bond acceptors (Lipinski definition) is 5. The Morgan fingerprint density at radius 2 is 2.22 bits per heavy atom. The fourth-order valence-electron chi connectivity index (χ4n) is 2.20. The Morgan fingerprint density at radius 1 is 1.39 bits per heavy atom. The van der Waals surface area contributed by atoms with E-state index in [9.17, 15) is 4.39 Å². The number of rotatable bonds is 5. The molecule has 0 saturated heterocycles. The maximum Gasteiger partial charge on any atom is 0.184 e. The Morgan fingerprint density at radius 3 is 2.96 bits per heavy atom. The second-order valence-electron chi connectivity index (χ2n) is 4.91. The minimum atomic E-state index is -0.392. The molecule has 8 heteroatoms. The van der Waals surface area contributed by atoms with E-state index in [0.29, 0.717) is 39.9 Å². The molecule has 0 aliphatic carbocycles. The van der Waals surface area contributed by atoms with Gasteiger partial charge in [0.1, 0.15) is 11.6 Å². The van der Waals surface area contributed by atoms with Gasteiger partial charge in [-0.15, -0.1) is 11.7 Å². The van der Waals surface area contributed by atoms with E-state index in [1.165, 1.54) is 10.7 Å². The van der Waals surface area contributed by atoms with Crippen molar-refractivity contribution in [2.24, 2.45) is 0 Å². The highest BCUT2D eigenvalue weighted by molar-refractivity contribution is 6.31. The molecule has 0 aliphatic heterocycles. The van der Waals surface area contributed by atoms with Gasteiger partial charge in [0.25, 0.3) is 0 Å². The number of nitrogens with zero attached hydrogens (tertiary/aromatic N) is 5. The lowest BCUT2D eigenvalue weighted by atomic mass is 10.2. The molecule has 1 N–H and O–H groups in total. The monoisotopic (exact) mass is 332 g/mol. The number of aryl methyl sites for hydroxylation is 1. The van der Waals surface area contributed by atoms with E-state index in [-0.39, 0.29) is 6.54 Å². The smallest absolute Gasteiger partial charge is 0.184 e. The minimum Gasteiger partial charge on any atom is -0.365 e. The van der Waals surface area contributed by atoms with Crippen molar-refractivity contribution in [1.29, 1.82) is 0 Å². The predicted octanol–water partition coefficient (Wildman–Crippen LogP) is 2.97. The van der Waals surface area contributed by atoms with Gasteiger partial charge in [-0.25, -0.2) is 19.0 Å². The highest BCUT2D eigenvalue weighted by Crippen LogP contribution is 2.22. The second-order valence-corrected chi connectivity index (χ2v) is 5.32. The lowest BCUT2D eigenvalue weighted by Gasteiger charge is -2.07. The molecular weight excluding hydrogens is 319 g/mol. The third-order valence-electron chi connectivity index (χ3n) is 3.26. The summed E-state index contributed by atoms with van der Waals surface area (Å²) < 4.78 is 15.5. The normalized spacial score (nSPS) is 10.9. The molecule has 1 aromatic carbocycles. The quantitative estimate of drug-likeness (QED) is 0.727. The lowest BCUT2D eigenvalue weighted by molar-refractivity contribution is 0.582. The van der Waals surface area contributed by atoms with Gasteiger partial charge in [-0.05, 0) is 19.1 Å². The molecule has 3 rings (SSSR count). The summed E-state index contributed by atoms with van der Waals surface area (Å²) in [7, 11) is 0. The molecular formula is C15H14ClFN6. The van der Waals surface area contributed by atoms with E-state index in [1.807, 2.05) is 0 Å². The largest absolute Gasteiger partial charge is 0.365 e. The first kappa shape index (κ1) is 15.4. The molecule has 0 bridgehead atoms. The van der Waals surface area contributed by atoms with Gasteiger partial charge < -0.3 is 5.32 Å². The summed E-state index contributed by atoms with van der Waals surface area (Å²) in [5, 5.41) is 11.6. The highest BCUT2D eigenvalue weighted by Gasteiger charge is 2.15. The molecule has 0 amide bonds. The van der Waals surface area contributed by atoms with E-state index >= 15 is 0 Å². The Hall–Kier alpha value is -2.54. The highest BCUT2D eigenvalue weighted by atomic mass is 35.5. The van der Waals surface area contributed by atoms with Crippen LogP contribution in [0, 0.1) is 12.7 Å². The first-order chi connectivity index (χ1) is 11.1. The van der Waals surface area contributed by atoms with Crippen molar-refractivity contribution in [2.45, 2.75) is 13.5 Å². The standard InChI is InChI=1S/C15H14ClFN6/c1-3-7-18-14-13-15(20-9(2)19-14)23(22-21-13)8-10-11(16)5-4-6-12(10)17/h3-6H,1,7-8H2,2H3,(H,18,19,20). The second kappa shape index (κ2) is 6.29. The minimum absolute atomic E-state index is 0.138. The van der Waals surface area contributed by atoms with Crippen molar-refractivity contribution in [3.05, 3.63) is 53.1 Å². The number of fused-ring (bicyclic) bond motifs is 1. The predicted molar refractivity (Wildman–Crippen MR) is 87.1 cm³/mol. The van der Waals surface area contributed by atoms with Gasteiger partial charge in [0.15, 0.2) is 17.0 Å².